The summed E-state index contributed by atoms with van der Waals surface area (Å²) >= 11 is 0. The highest BCUT2D eigenvalue weighted by molar-refractivity contribution is 5.88. The Hall–Kier alpha value is -2.24. The van der Waals surface area contributed by atoms with Crippen LogP contribution in [0.25, 0.3) is 5.65 Å². The number of aromatic nitrogens is 2. The molecule has 0 amide bonds. The van der Waals surface area contributed by atoms with Gasteiger partial charge in [0.1, 0.15) is 17.0 Å². The molecule has 2 aromatic heterocycles. The van der Waals surface area contributed by atoms with Gasteiger partial charge in [0.15, 0.2) is 0 Å². The molecule has 0 radical (unpaired) electrons. The van der Waals surface area contributed by atoms with Crippen LogP contribution in [0.1, 0.15) is 17.3 Å². The van der Waals surface area contributed by atoms with Crippen LogP contribution in [0.3, 0.4) is 0 Å². The summed E-state index contributed by atoms with van der Waals surface area (Å²) in [6.07, 6.45) is 2.11. The number of esters is 1. The zero-order valence-corrected chi connectivity index (χ0v) is 9.01. The SMILES string of the molecule is CCOC(=O)c1cnc2ccc(F)cn2c1=O. The van der Waals surface area contributed by atoms with E-state index in [-0.39, 0.29) is 17.8 Å². The minimum atomic E-state index is -0.760. The maximum absolute atomic E-state index is 13.0. The summed E-state index contributed by atoms with van der Waals surface area (Å²) in [5, 5.41) is 0. The highest BCUT2D eigenvalue weighted by Crippen LogP contribution is 2.02. The second-order valence-corrected chi connectivity index (χ2v) is 3.27. The van der Waals surface area contributed by atoms with E-state index in [0.717, 1.165) is 16.8 Å². The van der Waals surface area contributed by atoms with E-state index < -0.39 is 17.3 Å². The molecule has 0 N–H and O–H groups in total. The molecular formula is C11H9FN2O3. The summed E-state index contributed by atoms with van der Waals surface area (Å²) in [4.78, 5) is 27.2. The van der Waals surface area contributed by atoms with Crippen molar-refractivity contribution >= 4 is 11.6 Å². The van der Waals surface area contributed by atoms with Crippen LogP contribution in [-0.2, 0) is 4.74 Å². The average molecular weight is 236 g/mol. The highest BCUT2D eigenvalue weighted by atomic mass is 19.1. The summed E-state index contributed by atoms with van der Waals surface area (Å²) in [5.74, 6) is -1.34. The van der Waals surface area contributed by atoms with Crippen LogP contribution in [-0.4, -0.2) is 22.0 Å². The molecule has 0 fully saturated rings. The van der Waals surface area contributed by atoms with Crippen LogP contribution in [0.4, 0.5) is 4.39 Å². The van der Waals surface area contributed by atoms with Gasteiger partial charge in [-0.05, 0) is 19.1 Å². The number of pyridine rings is 1. The van der Waals surface area contributed by atoms with Crippen LogP contribution in [0.2, 0.25) is 0 Å². The molecule has 6 heteroatoms. The number of nitrogens with zero attached hydrogens (tertiary/aromatic N) is 2. The largest absolute Gasteiger partial charge is 0.462 e. The number of hydrogen-bond donors (Lipinski definition) is 0. The van der Waals surface area contributed by atoms with Gasteiger partial charge in [-0.1, -0.05) is 0 Å². The number of ether oxygens (including phenoxy) is 1. The fraction of sp³-hybridized carbons (Fsp3) is 0.182. The molecule has 2 rings (SSSR count). The molecule has 2 heterocycles. The molecular weight excluding hydrogens is 227 g/mol. The smallest absolute Gasteiger partial charge is 0.345 e. The molecule has 0 spiro atoms. The first-order chi connectivity index (χ1) is 8.13. The second-order valence-electron chi connectivity index (χ2n) is 3.27. The van der Waals surface area contributed by atoms with Crippen LogP contribution >= 0.6 is 0 Å². The Bertz CT molecular complexity index is 636. The lowest BCUT2D eigenvalue weighted by Crippen LogP contribution is -2.24. The van der Waals surface area contributed by atoms with Crippen molar-refractivity contribution in [2.75, 3.05) is 6.61 Å². The Balaban J connectivity index is 2.65. The first-order valence-electron chi connectivity index (χ1n) is 4.97. The second kappa shape index (κ2) is 4.32. The minimum Gasteiger partial charge on any atom is -0.462 e. The molecule has 0 atom stereocenters. The molecule has 0 aromatic carbocycles. The van der Waals surface area contributed by atoms with Crippen LogP contribution < -0.4 is 5.56 Å². The summed E-state index contributed by atoms with van der Waals surface area (Å²) in [6, 6.07) is 2.54. The Morgan fingerprint density at radius 1 is 1.53 bits per heavy atom. The number of fused-ring (bicyclic) bond motifs is 1. The lowest BCUT2D eigenvalue weighted by molar-refractivity contribution is 0.0523. The van der Waals surface area contributed by atoms with Gasteiger partial charge in [0.2, 0.25) is 0 Å². The minimum absolute atomic E-state index is 0.157. The average Bonchev–Trinajstić information content (AvgIpc) is 2.30. The standard InChI is InChI=1S/C11H9FN2O3/c1-2-17-11(16)8-5-13-9-4-3-7(12)6-14(9)10(8)15/h3-6H,2H2,1H3. The van der Waals surface area contributed by atoms with E-state index in [4.69, 9.17) is 4.74 Å². The van der Waals surface area contributed by atoms with Crippen molar-refractivity contribution in [3.8, 4) is 0 Å². The third kappa shape index (κ3) is 2.01. The quantitative estimate of drug-likeness (QED) is 0.730. The summed E-state index contributed by atoms with van der Waals surface area (Å²) in [6.45, 7) is 1.79. The van der Waals surface area contributed by atoms with Crippen molar-refractivity contribution in [3.05, 3.63) is 46.3 Å². The predicted octanol–water partition coefficient (Wildman–Crippen LogP) is 1.01. The van der Waals surface area contributed by atoms with Gasteiger partial charge in [0.05, 0.1) is 6.61 Å². The topological polar surface area (TPSA) is 60.7 Å². The van der Waals surface area contributed by atoms with E-state index in [1.165, 1.54) is 12.1 Å². The van der Waals surface area contributed by atoms with Crippen molar-refractivity contribution in [1.82, 2.24) is 9.38 Å². The molecule has 88 valence electrons. The van der Waals surface area contributed by atoms with Gasteiger partial charge >= 0.3 is 5.97 Å². The normalized spacial score (nSPS) is 10.5. The van der Waals surface area contributed by atoms with E-state index >= 15 is 0 Å². The molecule has 2 aromatic rings. The number of halogens is 1. The molecule has 0 saturated carbocycles. The number of carbonyl (C=O) groups is 1. The van der Waals surface area contributed by atoms with Crippen LogP contribution in [0, 0.1) is 5.82 Å². The zero-order valence-electron chi connectivity index (χ0n) is 9.01. The fourth-order valence-corrected chi connectivity index (χ4v) is 1.40. The van der Waals surface area contributed by atoms with Gasteiger partial charge in [0, 0.05) is 12.4 Å². The first-order valence-corrected chi connectivity index (χ1v) is 4.97. The number of carbonyl (C=O) groups excluding carboxylic acids is 1. The van der Waals surface area contributed by atoms with Gasteiger partial charge in [-0.3, -0.25) is 9.20 Å². The van der Waals surface area contributed by atoms with E-state index in [1.807, 2.05) is 0 Å². The summed E-state index contributed by atoms with van der Waals surface area (Å²) in [7, 11) is 0. The highest BCUT2D eigenvalue weighted by Gasteiger charge is 2.14. The van der Waals surface area contributed by atoms with E-state index in [2.05, 4.69) is 4.98 Å². The van der Waals surface area contributed by atoms with Gasteiger partial charge in [-0.2, -0.15) is 0 Å². The first kappa shape index (κ1) is 11.3. The molecule has 0 aliphatic rings. The maximum atomic E-state index is 13.0. The zero-order chi connectivity index (χ0) is 12.4. The Morgan fingerprint density at radius 3 is 3.00 bits per heavy atom. The Labute approximate surface area is 95.5 Å². The van der Waals surface area contributed by atoms with Crippen LogP contribution in [0.15, 0.2) is 29.3 Å². The molecule has 0 aliphatic heterocycles. The Morgan fingerprint density at radius 2 is 2.29 bits per heavy atom. The lowest BCUT2D eigenvalue weighted by atomic mass is 10.3. The van der Waals surface area contributed by atoms with Gasteiger partial charge in [-0.15, -0.1) is 0 Å². The van der Waals surface area contributed by atoms with E-state index in [9.17, 15) is 14.0 Å². The van der Waals surface area contributed by atoms with E-state index in [1.54, 1.807) is 6.92 Å². The molecule has 17 heavy (non-hydrogen) atoms. The van der Waals surface area contributed by atoms with Gasteiger partial charge in [0.25, 0.3) is 5.56 Å². The summed E-state index contributed by atoms with van der Waals surface area (Å²) in [5.41, 5.74) is -0.590. The maximum Gasteiger partial charge on any atom is 0.345 e. The van der Waals surface area contributed by atoms with Crippen molar-refractivity contribution < 1.29 is 13.9 Å². The summed E-state index contributed by atoms with van der Waals surface area (Å²) < 4.78 is 18.7. The van der Waals surface area contributed by atoms with Gasteiger partial charge < -0.3 is 4.74 Å². The predicted molar refractivity (Wildman–Crippen MR) is 57.4 cm³/mol. The van der Waals surface area contributed by atoms with Crippen molar-refractivity contribution in [2.24, 2.45) is 0 Å². The number of rotatable bonds is 2. The number of hydrogen-bond acceptors (Lipinski definition) is 4. The third-order valence-electron chi connectivity index (χ3n) is 2.16. The van der Waals surface area contributed by atoms with Gasteiger partial charge in [-0.25, -0.2) is 14.2 Å². The monoisotopic (exact) mass is 236 g/mol. The fourth-order valence-electron chi connectivity index (χ4n) is 1.40. The molecule has 0 saturated heterocycles. The van der Waals surface area contributed by atoms with E-state index in [0.29, 0.717) is 0 Å². The van der Waals surface area contributed by atoms with Crippen molar-refractivity contribution in [1.29, 1.82) is 0 Å². The molecule has 5 nitrogen and oxygen atoms in total. The third-order valence-corrected chi connectivity index (χ3v) is 2.16. The molecule has 0 bridgehead atoms. The molecule has 0 aliphatic carbocycles. The van der Waals surface area contributed by atoms with Crippen molar-refractivity contribution in [3.63, 3.8) is 0 Å². The van der Waals surface area contributed by atoms with Crippen molar-refractivity contribution in [2.45, 2.75) is 6.92 Å². The Kier molecular flexibility index (Phi) is 2.86. The van der Waals surface area contributed by atoms with Crippen LogP contribution in [0.5, 0.6) is 0 Å². The molecule has 0 unspecified atom stereocenters. The lowest BCUT2D eigenvalue weighted by Gasteiger charge is -2.03.